The van der Waals surface area contributed by atoms with Crippen molar-refractivity contribution in [3.05, 3.63) is 35.9 Å². The first-order chi connectivity index (χ1) is 7.25. The van der Waals surface area contributed by atoms with Gasteiger partial charge in [0.05, 0.1) is 0 Å². The van der Waals surface area contributed by atoms with E-state index in [1.54, 1.807) is 0 Å². The van der Waals surface area contributed by atoms with Gasteiger partial charge in [0.1, 0.15) is 0 Å². The van der Waals surface area contributed by atoms with Crippen LogP contribution in [0.1, 0.15) is 18.4 Å². The zero-order chi connectivity index (χ0) is 10.7. The largest absolute Gasteiger partial charge is 0.352 e. The van der Waals surface area contributed by atoms with Gasteiger partial charge >= 0.3 is 0 Å². The van der Waals surface area contributed by atoms with E-state index >= 15 is 0 Å². The Bertz CT molecular complexity index is 336. The molecule has 0 bridgehead atoms. The minimum Gasteiger partial charge on any atom is -0.352 e. The lowest BCUT2D eigenvalue weighted by atomic mass is 9.80. The normalized spacial score (nSPS) is 22.8. The Labute approximate surface area is 102 Å². The van der Waals surface area contributed by atoms with Gasteiger partial charge in [-0.15, -0.1) is 12.4 Å². The van der Waals surface area contributed by atoms with Crippen molar-refractivity contribution in [2.75, 3.05) is 0 Å². The van der Waals surface area contributed by atoms with Gasteiger partial charge in [0, 0.05) is 18.5 Å². The highest BCUT2D eigenvalue weighted by Gasteiger charge is 2.31. The van der Waals surface area contributed by atoms with Crippen molar-refractivity contribution in [1.82, 2.24) is 5.32 Å². The summed E-state index contributed by atoms with van der Waals surface area (Å²) in [4.78, 5) is 11.6. The number of rotatable bonds is 3. The fourth-order valence-electron chi connectivity index (χ4n) is 1.81. The molecule has 88 valence electrons. The zero-order valence-electron chi connectivity index (χ0n) is 9.06. The fraction of sp³-hybridized carbons (Fsp3) is 0.417. The Kier molecular flexibility index (Phi) is 4.77. The van der Waals surface area contributed by atoms with E-state index in [9.17, 15) is 4.79 Å². The van der Waals surface area contributed by atoms with E-state index in [1.807, 2.05) is 30.3 Å². The summed E-state index contributed by atoms with van der Waals surface area (Å²) in [6, 6.07) is 10.2. The average Bonchev–Trinajstić information content (AvgIpc) is 2.23. The molecule has 0 spiro atoms. The predicted molar refractivity (Wildman–Crippen MR) is 66.2 cm³/mol. The zero-order valence-corrected chi connectivity index (χ0v) is 9.87. The van der Waals surface area contributed by atoms with Crippen LogP contribution in [-0.2, 0) is 11.3 Å². The summed E-state index contributed by atoms with van der Waals surface area (Å²) in [5.74, 6) is 0.282. The summed E-state index contributed by atoms with van der Waals surface area (Å²) in [7, 11) is 0. The van der Waals surface area contributed by atoms with E-state index in [4.69, 9.17) is 5.73 Å². The summed E-state index contributed by atoms with van der Waals surface area (Å²) >= 11 is 0. The maximum Gasteiger partial charge on any atom is 0.223 e. The lowest BCUT2D eigenvalue weighted by molar-refractivity contribution is -0.128. The van der Waals surface area contributed by atoms with Crippen molar-refractivity contribution in [3.63, 3.8) is 0 Å². The average molecular weight is 241 g/mol. The molecule has 1 aliphatic carbocycles. The maximum atomic E-state index is 11.6. The molecule has 1 aromatic rings. The molecule has 1 saturated carbocycles. The standard InChI is InChI=1S/C12H16N2O.ClH/c13-11-6-10(7-11)12(15)14-8-9-4-2-1-3-5-9;/h1-5,10-11H,6-8,13H2,(H,14,15);1H. The van der Waals surface area contributed by atoms with Crippen LogP contribution in [-0.4, -0.2) is 11.9 Å². The third-order valence-corrected chi connectivity index (χ3v) is 2.85. The van der Waals surface area contributed by atoms with Crippen LogP contribution < -0.4 is 11.1 Å². The first kappa shape index (κ1) is 13.0. The highest BCUT2D eigenvalue weighted by Crippen LogP contribution is 2.25. The Morgan fingerprint density at radius 3 is 2.50 bits per heavy atom. The van der Waals surface area contributed by atoms with Crippen molar-refractivity contribution >= 4 is 18.3 Å². The van der Waals surface area contributed by atoms with Gasteiger partial charge in [-0.3, -0.25) is 4.79 Å². The highest BCUT2D eigenvalue weighted by atomic mass is 35.5. The molecule has 1 amide bonds. The number of nitrogens with one attached hydrogen (secondary N) is 1. The van der Waals surface area contributed by atoms with Crippen LogP contribution in [0.15, 0.2) is 30.3 Å². The second-order valence-corrected chi connectivity index (χ2v) is 4.13. The van der Waals surface area contributed by atoms with E-state index < -0.39 is 0 Å². The lowest BCUT2D eigenvalue weighted by Crippen LogP contribution is -2.44. The first-order valence-electron chi connectivity index (χ1n) is 5.33. The Morgan fingerprint density at radius 1 is 1.31 bits per heavy atom. The first-order valence-corrected chi connectivity index (χ1v) is 5.33. The van der Waals surface area contributed by atoms with Crippen LogP contribution in [0.2, 0.25) is 0 Å². The molecule has 0 aromatic heterocycles. The van der Waals surface area contributed by atoms with Crippen molar-refractivity contribution < 1.29 is 4.79 Å². The van der Waals surface area contributed by atoms with Crippen LogP contribution in [0.3, 0.4) is 0 Å². The number of amides is 1. The summed E-state index contributed by atoms with van der Waals surface area (Å²) in [6.07, 6.45) is 1.67. The number of nitrogens with two attached hydrogens (primary N) is 1. The van der Waals surface area contributed by atoms with Gasteiger partial charge in [0.15, 0.2) is 0 Å². The minimum atomic E-state index is 0. The van der Waals surface area contributed by atoms with Crippen molar-refractivity contribution in [2.24, 2.45) is 11.7 Å². The predicted octanol–water partition coefficient (Wildman–Crippen LogP) is 1.46. The molecule has 1 fully saturated rings. The number of hydrogen-bond acceptors (Lipinski definition) is 2. The third-order valence-electron chi connectivity index (χ3n) is 2.85. The third kappa shape index (κ3) is 3.22. The van der Waals surface area contributed by atoms with Crippen LogP contribution in [0.5, 0.6) is 0 Å². The molecular formula is C12H17ClN2O. The van der Waals surface area contributed by atoms with Crippen LogP contribution in [0.25, 0.3) is 0 Å². The minimum absolute atomic E-state index is 0. The summed E-state index contributed by atoms with van der Waals surface area (Å²) in [6.45, 7) is 0.616. The molecule has 4 heteroatoms. The highest BCUT2D eigenvalue weighted by molar-refractivity contribution is 5.85. The second-order valence-electron chi connectivity index (χ2n) is 4.13. The number of hydrogen-bond donors (Lipinski definition) is 2. The Balaban J connectivity index is 0.00000128. The molecule has 0 unspecified atom stereocenters. The van der Waals surface area contributed by atoms with E-state index in [-0.39, 0.29) is 30.3 Å². The molecule has 16 heavy (non-hydrogen) atoms. The lowest BCUT2D eigenvalue weighted by Gasteiger charge is -2.31. The van der Waals surface area contributed by atoms with Crippen LogP contribution in [0.4, 0.5) is 0 Å². The molecule has 0 saturated heterocycles. The monoisotopic (exact) mass is 240 g/mol. The molecule has 3 N–H and O–H groups in total. The van der Waals surface area contributed by atoms with Crippen molar-refractivity contribution in [2.45, 2.75) is 25.4 Å². The van der Waals surface area contributed by atoms with Crippen LogP contribution in [0, 0.1) is 5.92 Å². The fourth-order valence-corrected chi connectivity index (χ4v) is 1.81. The number of carbonyl (C=O) groups excluding carboxylic acids is 1. The van der Waals surface area contributed by atoms with E-state index in [0.29, 0.717) is 6.54 Å². The SMILES string of the molecule is Cl.NC1CC(C(=O)NCc2ccccc2)C1. The summed E-state index contributed by atoms with van der Waals surface area (Å²) < 4.78 is 0. The summed E-state index contributed by atoms with van der Waals surface area (Å²) in [5.41, 5.74) is 6.77. The second kappa shape index (κ2) is 5.87. The molecule has 0 aliphatic heterocycles. The van der Waals surface area contributed by atoms with Gasteiger partial charge in [0.25, 0.3) is 0 Å². The van der Waals surface area contributed by atoms with E-state index in [2.05, 4.69) is 5.32 Å². The molecule has 2 rings (SSSR count). The Hall–Kier alpha value is -1.06. The van der Waals surface area contributed by atoms with Gasteiger partial charge < -0.3 is 11.1 Å². The molecule has 3 nitrogen and oxygen atoms in total. The topological polar surface area (TPSA) is 55.1 Å². The van der Waals surface area contributed by atoms with Crippen molar-refractivity contribution in [3.8, 4) is 0 Å². The number of benzene rings is 1. The Morgan fingerprint density at radius 2 is 1.94 bits per heavy atom. The smallest absolute Gasteiger partial charge is 0.223 e. The number of halogens is 1. The van der Waals surface area contributed by atoms with E-state index in [0.717, 1.165) is 18.4 Å². The molecular weight excluding hydrogens is 224 g/mol. The molecule has 0 radical (unpaired) electrons. The van der Waals surface area contributed by atoms with Crippen molar-refractivity contribution in [1.29, 1.82) is 0 Å². The van der Waals surface area contributed by atoms with E-state index in [1.165, 1.54) is 0 Å². The maximum absolute atomic E-state index is 11.6. The van der Waals surface area contributed by atoms with Gasteiger partial charge in [0.2, 0.25) is 5.91 Å². The molecule has 0 atom stereocenters. The van der Waals surface area contributed by atoms with Gasteiger partial charge in [-0.25, -0.2) is 0 Å². The van der Waals surface area contributed by atoms with Gasteiger partial charge in [-0.1, -0.05) is 30.3 Å². The van der Waals surface area contributed by atoms with Gasteiger partial charge in [-0.2, -0.15) is 0 Å². The summed E-state index contributed by atoms with van der Waals surface area (Å²) in [5, 5.41) is 2.93. The number of carbonyl (C=O) groups is 1. The quantitative estimate of drug-likeness (QED) is 0.841. The molecule has 1 aliphatic rings. The molecule has 1 aromatic carbocycles. The molecule has 0 heterocycles. The van der Waals surface area contributed by atoms with Gasteiger partial charge in [-0.05, 0) is 18.4 Å². The van der Waals surface area contributed by atoms with Crippen LogP contribution >= 0.6 is 12.4 Å².